The van der Waals surface area contributed by atoms with E-state index >= 15 is 0 Å². The zero-order chi connectivity index (χ0) is 17.8. The normalized spacial score (nSPS) is 12.0. The Kier molecular flexibility index (Phi) is 6.51. The van der Waals surface area contributed by atoms with Gasteiger partial charge in [-0.1, -0.05) is 15.9 Å². The highest BCUT2D eigenvalue weighted by Crippen LogP contribution is 2.20. The Labute approximate surface area is 148 Å². The quantitative estimate of drug-likeness (QED) is 0.774. The van der Waals surface area contributed by atoms with Gasteiger partial charge in [0.15, 0.2) is 0 Å². The predicted octanol–water partition coefficient (Wildman–Crippen LogP) is 5.21. The lowest BCUT2D eigenvalue weighted by atomic mass is 10.1. The van der Waals surface area contributed by atoms with Crippen molar-refractivity contribution < 1.29 is 9.53 Å². The molecule has 0 fully saturated rings. The molecule has 0 saturated carbocycles. The van der Waals surface area contributed by atoms with E-state index in [9.17, 15) is 4.79 Å². The molecule has 0 aliphatic heterocycles. The number of carbonyl (C=O) groups is 1. The van der Waals surface area contributed by atoms with Crippen LogP contribution in [0.25, 0.3) is 0 Å². The van der Waals surface area contributed by atoms with E-state index in [1.807, 2.05) is 47.6 Å². The molecule has 0 aliphatic carbocycles. The molecule has 1 aromatic carbocycles. The first-order valence-corrected chi connectivity index (χ1v) is 8.69. The Morgan fingerprint density at radius 2 is 1.78 bits per heavy atom. The minimum atomic E-state index is -0.491. The summed E-state index contributed by atoms with van der Waals surface area (Å²) in [5.74, 6) is 0. The number of aryl methyl sites for hydroxylation is 1. The Morgan fingerprint density at radius 1 is 1.17 bits per heavy atom. The van der Waals surface area contributed by atoms with Gasteiger partial charge in [0.25, 0.3) is 0 Å². The van der Waals surface area contributed by atoms with Crippen molar-refractivity contribution in [2.24, 2.45) is 0 Å². The van der Waals surface area contributed by atoms with Crippen LogP contribution in [0, 0.1) is 6.92 Å². The number of ether oxygens (including phenoxy) is 1. The fourth-order valence-corrected chi connectivity index (χ4v) is 2.78. The van der Waals surface area contributed by atoms with Crippen LogP contribution in [0.1, 0.15) is 47.1 Å². The number of nitrogens with one attached hydrogen (secondary N) is 1. The number of amides is 1. The smallest absolute Gasteiger partial charge is 0.410 e. The highest BCUT2D eigenvalue weighted by molar-refractivity contribution is 9.10. The van der Waals surface area contributed by atoms with Crippen molar-refractivity contribution in [2.45, 2.75) is 59.6 Å². The van der Waals surface area contributed by atoms with Crippen molar-refractivity contribution in [3.8, 4) is 0 Å². The SMILES string of the molecule is Cc1cc(Br)cc(NCCN(C(=O)OC(C)(C)C)C(C)(C)C)c1. The second kappa shape index (κ2) is 7.56. The van der Waals surface area contributed by atoms with E-state index in [2.05, 4.69) is 40.3 Å². The van der Waals surface area contributed by atoms with Gasteiger partial charge in [-0.15, -0.1) is 0 Å². The molecular weight excluding hydrogens is 356 g/mol. The minimum Gasteiger partial charge on any atom is -0.444 e. The summed E-state index contributed by atoms with van der Waals surface area (Å²) in [6.45, 7) is 15.0. The molecule has 1 aromatic rings. The Morgan fingerprint density at radius 3 is 2.26 bits per heavy atom. The largest absolute Gasteiger partial charge is 0.444 e. The van der Waals surface area contributed by atoms with Crippen molar-refractivity contribution in [1.29, 1.82) is 0 Å². The number of hydrogen-bond acceptors (Lipinski definition) is 3. The predicted molar refractivity (Wildman–Crippen MR) is 100 cm³/mol. The van der Waals surface area contributed by atoms with Crippen LogP contribution in [0.4, 0.5) is 10.5 Å². The lowest BCUT2D eigenvalue weighted by Gasteiger charge is -2.37. The van der Waals surface area contributed by atoms with Crippen molar-refractivity contribution in [3.63, 3.8) is 0 Å². The number of hydrogen-bond donors (Lipinski definition) is 1. The molecule has 23 heavy (non-hydrogen) atoms. The molecule has 5 heteroatoms. The summed E-state index contributed by atoms with van der Waals surface area (Å²) in [4.78, 5) is 14.2. The molecule has 0 aromatic heterocycles. The summed E-state index contributed by atoms with van der Waals surface area (Å²) >= 11 is 3.50. The van der Waals surface area contributed by atoms with Crippen molar-refractivity contribution in [2.75, 3.05) is 18.4 Å². The third kappa shape index (κ3) is 7.25. The van der Waals surface area contributed by atoms with Gasteiger partial charge in [0, 0.05) is 28.8 Å². The maximum atomic E-state index is 12.4. The van der Waals surface area contributed by atoms with Gasteiger partial charge in [-0.3, -0.25) is 0 Å². The standard InChI is InChI=1S/C18H29BrN2O2/c1-13-10-14(19)12-15(11-13)20-8-9-21(17(2,3)4)16(22)23-18(5,6)7/h10-12,20H,8-9H2,1-7H3. The van der Waals surface area contributed by atoms with Crippen LogP contribution in [0.2, 0.25) is 0 Å². The number of anilines is 1. The van der Waals surface area contributed by atoms with Gasteiger partial charge in [-0.2, -0.15) is 0 Å². The van der Waals surface area contributed by atoms with Gasteiger partial charge < -0.3 is 15.0 Å². The maximum Gasteiger partial charge on any atom is 0.410 e. The lowest BCUT2D eigenvalue weighted by molar-refractivity contribution is 0.00749. The van der Waals surface area contributed by atoms with E-state index in [4.69, 9.17) is 4.74 Å². The number of rotatable bonds is 4. The molecule has 0 unspecified atom stereocenters. The molecule has 0 spiro atoms. The van der Waals surface area contributed by atoms with Crippen LogP contribution in [0.15, 0.2) is 22.7 Å². The zero-order valence-electron chi connectivity index (χ0n) is 15.3. The van der Waals surface area contributed by atoms with Crippen LogP contribution in [0.3, 0.4) is 0 Å². The van der Waals surface area contributed by atoms with Crippen LogP contribution < -0.4 is 5.32 Å². The molecule has 1 amide bonds. The minimum absolute atomic E-state index is 0.280. The summed E-state index contributed by atoms with van der Waals surface area (Å²) in [6, 6.07) is 6.18. The van der Waals surface area contributed by atoms with E-state index < -0.39 is 5.60 Å². The molecule has 4 nitrogen and oxygen atoms in total. The number of halogens is 1. The van der Waals surface area contributed by atoms with E-state index in [0.29, 0.717) is 13.1 Å². The number of benzene rings is 1. The summed E-state index contributed by atoms with van der Waals surface area (Å²) in [7, 11) is 0. The maximum absolute atomic E-state index is 12.4. The summed E-state index contributed by atoms with van der Waals surface area (Å²) in [6.07, 6.45) is -0.280. The van der Waals surface area contributed by atoms with Crippen molar-refractivity contribution in [3.05, 3.63) is 28.2 Å². The fourth-order valence-electron chi connectivity index (χ4n) is 2.17. The highest BCUT2D eigenvalue weighted by Gasteiger charge is 2.30. The Hall–Kier alpha value is -1.23. The topological polar surface area (TPSA) is 41.6 Å². The third-order valence-corrected chi connectivity index (χ3v) is 3.59. The highest BCUT2D eigenvalue weighted by atomic mass is 79.9. The van der Waals surface area contributed by atoms with Gasteiger partial charge in [-0.05, 0) is 72.2 Å². The van der Waals surface area contributed by atoms with Gasteiger partial charge in [0.05, 0.1) is 0 Å². The van der Waals surface area contributed by atoms with E-state index in [-0.39, 0.29) is 11.6 Å². The molecule has 0 saturated heterocycles. The van der Waals surface area contributed by atoms with E-state index in [1.54, 1.807) is 4.90 Å². The van der Waals surface area contributed by atoms with Gasteiger partial charge in [0.1, 0.15) is 5.60 Å². The molecule has 0 aliphatic rings. The van der Waals surface area contributed by atoms with Gasteiger partial charge in [0.2, 0.25) is 0 Å². The number of nitrogens with zero attached hydrogens (tertiary/aromatic N) is 1. The first kappa shape index (κ1) is 19.8. The fraction of sp³-hybridized carbons (Fsp3) is 0.611. The monoisotopic (exact) mass is 384 g/mol. The molecular formula is C18H29BrN2O2. The van der Waals surface area contributed by atoms with Gasteiger partial charge >= 0.3 is 6.09 Å². The lowest BCUT2D eigenvalue weighted by Crippen LogP contribution is -2.49. The van der Waals surface area contributed by atoms with Crippen molar-refractivity contribution >= 4 is 27.7 Å². The Bertz CT molecular complexity index is 525. The van der Waals surface area contributed by atoms with Crippen LogP contribution in [-0.2, 0) is 4.74 Å². The molecule has 1 rings (SSSR count). The third-order valence-electron chi connectivity index (χ3n) is 3.13. The summed E-state index contributed by atoms with van der Waals surface area (Å²) in [5.41, 5.74) is 1.43. The molecule has 0 heterocycles. The van der Waals surface area contributed by atoms with E-state index in [1.165, 1.54) is 5.56 Å². The first-order valence-electron chi connectivity index (χ1n) is 7.90. The molecule has 0 bridgehead atoms. The second-order valence-electron chi connectivity index (χ2n) is 7.75. The summed E-state index contributed by atoms with van der Waals surface area (Å²) < 4.78 is 6.56. The molecule has 0 radical (unpaired) electrons. The zero-order valence-corrected chi connectivity index (χ0v) is 16.9. The molecule has 0 atom stereocenters. The van der Waals surface area contributed by atoms with Crippen molar-refractivity contribution in [1.82, 2.24) is 4.90 Å². The number of carbonyl (C=O) groups excluding carboxylic acids is 1. The molecule has 1 N–H and O–H groups in total. The Balaban J connectivity index is 2.70. The van der Waals surface area contributed by atoms with Crippen LogP contribution >= 0.6 is 15.9 Å². The van der Waals surface area contributed by atoms with E-state index in [0.717, 1.165) is 10.2 Å². The average Bonchev–Trinajstić information content (AvgIpc) is 2.29. The van der Waals surface area contributed by atoms with Crippen LogP contribution in [-0.4, -0.2) is 35.2 Å². The summed E-state index contributed by atoms with van der Waals surface area (Å²) in [5, 5.41) is 3.37. The van der Waals surface area contributed by atoms with Crippen LogP contribution in [0.5, 0.6) is 0 Å². The van der Waals surface area contributed by atoms with Gasteiger partial charge in [-0.25, -0.2) is 4.79 Å². The second-order valence-corrected chi connectivity index (χ2v) is 8.66. The first-order chi connectivity index (χ1) is 10.4. The molecule has 130 valence electrons. The average molecular weight is 385 g/mol.